The second-order valence-corrected chi connectivity index (χ2v) is 8.75. The number of halogens is 3. The van der Waals surface area contributed by atoms with Crippen molar-refractivity contribution in [3.63, 3.8) is 0 Å². The Morgan fingerprint density at radius 1 is 1.08 bits per heavy atom. The van der Waals surface area contributed by atoms with Gasteiger partial charge in [0, 0.05) is 43.4 Å². The molecular weight excluding hydrogens is 473 g/mol. The first-order valence-electron chi connectivity index (χ1n) is 11.7. The third-order valence-electron chi connectivity index (χ3n) is 6.24. The first-order chi connectivity index (χ1) is 17.4. The normalized spacial score (nSPS) is 18.2. The molecule has 36 heavy (non-hydrogen) atoms. The van der Waals surface area contributed by atoms with E-state index in [1.165, 1.54) is 6.07 Å². The third kappa shape index (κ3) is 5.50. The SMILES string of the molecule is O=C(NC1CCOc2ccc(-c3cccc(C(F)(F)F)c3)nc21)c1ccnc(CN2CCOCC2)c1. The molecule has 0 radical (unpaired) electrons. The van der Waals surface area contributed by atoms with Crippen molar-refractivity contribution in [2.45, 2.75) is 25.2 Å². The van der Waals surface area contributed by atoms with Crippen LogP contribution in [0.25, 0.3) is 11.3 Å². The Labute approximate surface area is 206 Å². The molecule has 1 atom stereocenters. The number of carbonyl (C=O) groups is 1. The van der Waals surface area contributed by atoms with Gasteiger partial charge in [0.15, 0.2) is 0 Å². The maximum Gasteiger partial charge on any atom is 0.416 e. The standard InChI is InChI=1S/C26H25F3N4O3/c27-26(28,29)19-3-1-2-17(14-19)21-4-5-23-24(31-21)22(7-11-36-23)32-25(34)18-6-8-30-20(15-18)16-33-9-12-35-13-10-33/h1-6,8,14-15,22H,7,9-13,16H2,(H,32,34). The first-order valence-corrected chi connectivity index (χ1v) is 11.7. The summed E-state index contributed by atoms with van der Waals surface area (Å²) in [6.07, 6.45) is -2.34. The lowest BCUT2D eigenvalue weighted by molar-refractivity contribution is -0.137. The Balaban J connectivity index is 1.35. The number of hydrogen-bond donors (Lipinski definition) is 1. The van der Waals surface area contributed by atoms with Crippen LogP contribution in [0, 0.1) is 0 Å². The Hall–Kier alpha value is -3.50. The predicted octanol–water partition coefficient (Wildman–Crippen LogP) is 4.25. The summed E-state index contributed by atoms with van der Waals surface area (Å²) in [4.78, 5) is 24.3. The number of alkyl halides is 3. The number of nitrogens with one attached hydrogen (secondary N) is 1. The lowest BCUT2D eigenvalue weighted by Gasteiger charge is -2.27. The van der Waals surface area contributed by atoms with Crippen molar-refractivity contribution in [1.82, 2.24) is 20.2 Å². The topological polar surface area (TPSA) is 76.6 Å². The lowest BCUT2D eigenvalue weighted by Crippen LogP contribution is -2.36. The molecule has 0 bridgehead atoms. The van der Waals surface area contributed by atoms with E-state index in [-0.39, 0.29) is 5.91 Å². The fourth-order valence-electron chi connectivity index (χ4n) is 4.35. The van der Waals surface area contributed by atoms with Gasteiger partial charge < -0.3 is 14.8 Å². The van der Waals surface area contributed by atoms with E-state index < -0.39 is 17.8 Å². The Morgan fingerprint density at radius 2 is 1.92 bits per heavy atom. The van der Waals surface area contributed by atoms with Crippen LogP contribution in [-0.4, -0.2) is 53.7 Å². The number of benzene rings is 1. The number of morpholine rings is 1. The van der Waals surface area contributed by atoms with E-state index in [1.807, 2.05) is 0 Å². The average molecular weight is 499 g/mol. The number of carbonyl (C=O) groups excluding carboxylic acids is 1. The number of pyridine rings is 2. The van der Waals surface area contributed by atoms with Crippen molar-refractivity contribution >= 4 is 5.91 Å². The highest BCUT2D eigenvalue weighted by molar-refractivity contribution is 5.94. The van der Waals surface area contributed by atoms with Gasteiger partial charge in [-0.05, 0) is 36.4 Å². The van der Waals surface area contributed by atoms with Crippen LogP contribution in [0.3, 0.4) is 0 Å². The number of amides is 1. The average Bonchev–Trinajstić information content (AvgIpc) is 2.89. The summed E-state index contributed by atoms with van der Waals surface area (Å²) in [6, 6.07) is 11.3. The van der Waals surface area contributed by atoms with Crippen LogP contribution in [0.4, 0.5) is 13.2 Å². The highest BCUT2D eigenvalue weighted by atomic mass is 19.4. The molecule has 4 heterocycles. The van der Waals surface area contributed by atoms with Crippen molar-refractivity contribution in [3.05, 3.63) is 77.2 Å². The quantitative estimate of drug-likeness (QED) is 0.567. The van der Waals surface area contributed by atoms with Crippen molar-refractivity contribution < 1.29 is 27.4 Å². The molecule has 3 aromatic rings. The first kappa shape index (κ1) is 24.2. The molecule has 1 saturated heterocycles. The Kier molecular flexibility index (Phi) is 6.88. The summed E-state index contributed by atoms with van der Waals surface area (Å²) in [7, 11) is 0. The summed E-state index contributed by atoms with van der Waals surface area (Å²) in [5, 5.41) is 3.01. The maximum absolute atomic E-state index is 13.2. The van der Waals surface area contributed by atoms with Gasteiger partial charge in [-0.15, -0.1) is 0 Å². The van der Waals surface area contributed by atoms with Crippen LogP contribution in [-0.2, 0) is 17.5 Å². The molecule has 2 aliphatic heterocycles. The van der Waals surface area contributed by atoms with Crippen molar-refractivity contribution in [3.8, 4) is 17.0 Å². The molecule has 0 spiro atoms. The maximum atomic E-state index is 13.2. The predicted molar refractivity (Wildman–Crippen MR) is 125 cm³/mol. The van der Waals surface area contributed by atoms with Gasteiger partial charge in [0.1, 0.15) is 11.4 Å². The Bertz CT molecular complexity index is 1250. The van der Waals surface area contributed by atoms with Crippen LogP contribution in [0.5, 0.6) is 5.75 Å². The fourth-order valence-corrected chi connectivity index (χ4v) is 4.35. The molecule has 1 unspecified atom stereocenters. The van der Waals surface area contributed by atoms with Gasteiger partial charge in [0.2, 0.25) is 0 Å². The van der Waals surface area contributed by atoms with E-state index >= 15 is 0 Å². The van der Waals surface area contributed by atoms with Gasteiger partial charge >= 0.3 is 6.18 Å². The zero-order valence-corrected chi connectivity index (χ0v) is 19.4. The minimum absolute atomic E-state index is 0.273. The number of ether oxygens (including phenoxy) is 2. The molecule has 0 saturated carbocycles. The van der Waals surface area contributed by atoms with E-state index in [0.29, 0.717) is 61.1 Å². The highest BCUT2D eigenvalue weighted by Crippen LogP contribution is 2.35. The molecule has 1 N–H and O–H groups in total. The van der Waals surface area contributed by atoms with Crippen LogP contribution < -0.4 is 10.1 Å². The second-order valence-electron chi connectivity index (χ2n) is 8.75. The zero-order chi connectivity index (χ0) is 25.1. The molecule has 0 aliphatic carbocycles. The third-order valence-corrected chi connectivity index (χ3v) is 6.24. The number of nitrogens with zero attached hydrogens (tertiary/aromatic N) is 3. The molecule has 1 amide bonds. The van der Waals surface area contributed by atoms with Crippen molar-refractivity contribution in [1.29, 1.82) is 0 Å². The van der Waals surface area contributed by atoms with Crippen LogP contribution >= 0.6 is 0 Å². The van der Waals surface area contributed by atoms with Crippen LogP contribution in [0.15, 0.2) is 54.7 Å². The summed E-state index contributed by atoms with van der Waals surface area (Å²) < 4.78 is 50.6. The molecule has 10 heteroatoms. The number of fused-ring (bicyclic) bond motifs is 1. The molecule has 2 aliphatic rings. The molecule has 188 valence electrons. The Morgan fingerprint density at radius 3 is 2.72 bits per heavy atom. The zero-order valence-electron chi connectivity index (χ0n) is 19.4. The molecule has 1 aromatic carbocycles. The molecule has 1 fully saturated rings. The molecule has 5 rings (SSSR count). The van der Waals surface area contributed by atoms with E-state index in [9.17, 15) is 18.0 Å². The summed E-state index contributed by atoms with van der Waals surface area (Å²) in [6.45, 7) is 4.01. The molecule has 2 aromatic heterocycles. The minimum Gasteiger partial charge on any atom is -0.491 e. The van der Waals surface area contributed by atoms with Gasteiger partial charge in [-0.2, -0.15) is 13.2 Å². The smallest absolute Gasteiger partial charge is 0.416 e. The fraction of sp³-hybridized carbons (Fsp3) is 0.346. The van der Waals surface area contributed by atoms with E-state index in [2.05, 4.69) is 20.2 Å². The highest BCUT2D eigenvalue weighted by Gasteiger charge is 2.31. The molecule has 7 nitrogen and oxygen atoms in total. The van der Waals surface area contributed by atoms with Crippen molar-refractivity contribution in [2.75, 3.05) is 32.9 Å². The summed E-state index contributed by atoms with van der Waals surface area (Å²) in [5.41, 5.74) is 1.74. The summed E-state index contributed by atoms with van der Waals surface area (Å²) in [5.74, 6) is 0.231. The van der Waals surface area contributed by atoms with Gasteiger partial charge in [0.05, 0.1) is 42.8 Å². The monoisotopic (exact) mass is 498 g/mol. The van der Waals surface area contributed by atoms with Gasteiger partial charge in [0.25, 0.3) is 5.91 Å². The number of hydrogen-bond acceptors (Lipinski definition) is 6. The van der Waals surface area contributed by atoms with Crippen molar-refractivity contribution in [2.24, 2.45) is 0 Å². The minimum atomic E-state index is -4.45. The number of rotatable bonds is 5. The van der Waals surface area contributed by atoms with Gasteiger partial charge in [-0.3, -0.25) is 14.7 Å². The van der Waals surface area contributed by atoms with Gasteiger partial charge in [-0.1, -0.05) is 12.1 Å². The van der Waals surface area contributed by atoms with Gasteiger partial charge in [-0.25, -0.2) is 4.98 Å². The molecular formula is C26H25F3N4O3. The largest absolute Gasteiger partial charge is 0.491 e. The van der Waals surface area contributed by atoms with Crippen LogP contribution in [0.1, 0.15) is 39.8 Å². The summed E-state index contributed by atoms with van der Waals surface area (Å²) >= 11 is 0. The van der Waals surface area contributed by atoms with E-state index in [0.717, 1.165) is 30.9 Å². The lowest BCUT2D eigenvalue weighted by atomic mass is 10.0. The number of aromatic nitrogens is 2. The van der Waals surface area contributed by atoms with E-state index in [4.69, 9.17) is 9.47 Å². The second kappa shape index (κ2) is 10.2. The van der Waals surface area contributed by atoms with E-state index in [1.54, 1.807) is 36.5 Å². The van der Waals surface area contributed by atoms with Crippen LogP contribution in [0.2, 0.25) is 0 Å².